The van der Waals surface area contributed by atoms with E-state index < -0.39 is 41.3 Å². The molecule has 266 valence electrons. The highest BCUT2D eigenvalue weighted by molar-refractivity contribution is 6.27. The molecule has 0 aliphatic heterocycles. The number of carbonyl (C=O) groups excluding carboxylic acids is 2. The molecule has 3 aromatic carbocycles. The molecule has 0 aliphatic rings. The lowest BCUT2D eigenvalue weighted by atomic mass is 10.2. The Morgan fingerprint density at radius 3 is 2.29 bits per heavy atom. The maximum absolute atomic E-state index is 15.2. The zero-order valence-corrected chi connectivity index (χ0v) is 27.9. The normalized spacial score (nSPS) is 11.2. The molecule has 51 heavy (non-hydrogen) atoms. The number of aromatic nitrogens is 3. The number of pyridine rings is 1. The molecule has 1 atom stereocenters. The SMILES string of the molecule is CNCC(=O)OC(C)Cn1c(C)c(C(=O)Nc2ccc(Oc3ccnc4cc(OC)ccc34)c(F)c2)c(=O)n1-c1ccccc1.O=C(O)C(=O)O. The zero-order chi connectivity index (χ0) is 37.2. The summed E-state index contributed by atoms with van der Waals surface area (Å²) in [7, 11) is 3.19. The van der Waals surface area contributed by atoms with Gasteiger partial charge >= 0.3 is 17.9 Å². The maximum atomic E-state index is 15.2. The number of carboxylic acid groups (broad SMARTS) is 2. The van der Waals surface area contributed by atoms with E-state index in [1.165, 1.54) is 16.8 Å². The third-order valence-corrected chi connectivity index (χ3v) is 7.21. The van der Waals surface area contributed by atoms with Gasteiger partial charge in [-0.1, -0.05) is 18.2 Å². The number of halogens is 1. The minimum Gasteiger partial charge on any atom is -0.497 e. The minimum atomic E-state index is -1.82. The van der Waals surface area contributed by atoms with Gasteiger partial charge < -0.3 is 35.1 Å². The van der Waals surface area contributed by atoms with Crippen LogP contribution in [0, 0.1) is 12.7 Å². The van der Waals surface area contributed by atoms with Crippen molar-refractivity contribution in [3.05, 3.63) is 106 Å². The fourth-order valence-electron chi connectivity index (χ4n) is 4.94. The van der Waals surface area contributed by atoms with E-state index in [9.17, 15) is 14.4 Å². The predicted octanol–water partition coefficient (Wildman–Crippen LogP) is 3.99. The fourth-order valence-corrected chi connectivity index (χ4v) is 4.94. The third kappa shape index (κ3) is 9.12. The van der Waals surface area contributed by atoms with Crippen LogP contribution >= 0.6 is 0 Å². The van der Waals surface area contributed by atoms with Crippen molar-refractivity contribution in [1.82, 2.24) is 19.7 Å². The number of hydrogen-bond acceptors (Lipinski definition) is 10. The van der Waals surface area contributed by atoms with E-state index in [1.54, 1.807) is 93.5 Å². The van der Waals surface area contributed by atoms with E-state index in [1.807, 2.05) is 0 Å². The largest absolute Gasteiger partial charge is 0.497 e. The van der Waals surface area contributed by atoms with Gasteiger partial charge in [0.1, 0.15) is 23.2 Å². The second-order valence-electron chi connectivity index (χ2n) is 10.8. The highest BCUT2D eigenvalue weighted by Gasteiger charge is 2.26. The predicted molar refractivity (Wildman–Crippen MR) is 182 cm³/mol. The first kappa shape index (κ1) is 37.3. The summed E-state index contributed by atoms with van der Waals surface area (Å²) >= 11 is 0. The third-order valence-electron chi connectivity index (χ3n) is 7.21. The number of amides is 1. The lowest BCUT2D eigenvalue weighted by Crippen LogP contribution is -2.30. The van der Waals surface area contributed by atoms with E-state index in [2.05, 4.69) is 15.6 Å². The van der Waals surface area contributed by atoms with Crippen molar-refractivity contribution in [2.24, 2.45) is 0 Å². The Labute approximate surface area is 289 Å². The van der Waals surface area contributed by atoms with Crippen molar-refractivity contribution < 1.29 is 48.0 Å². The number of nitrogens with zero attached hydrogens (tertiary/aromatic N) is 3. The van der Waals surface area contributed by atoms with Gasteiger partial charge in [-0.05, 0) is 63.4 Å². The van der Waals surface area contributed by atoms with Gasteiger partial charge in [0.25, 0.3) is 11.5 Å². The second kappa shape index (κ2) is 16.7. The highest BCUT2D eigenvalue weighted by atomic mass is 19.1. The zero-order valence-electron chi connectivity index (χ0n) is 27.9. The van der Waals surface area contributed by atoms with Gasteiger partial charge in [-0.25, -0.2) is 18.7 Å². The number of ether oxygens (including phenoxy) is 3. The molecule has 2 heterocycles. The number of para-hydroxylation sites is 1. The van der Waals surface area contributed by atoms with Crippen LogP contribution in [0.3, 0.4) is 0 Å². The number of aliphatic carboxylic acids is 2. The maximum Gasteiger partial charge on any atom is 0.414 e. The molecule has 0 aliphatic carbocycles. The smallest absolute Gasteiger partial charge is 0.414 e. The molecule has 0 bridgehead atoms. The molecule has 0 radical (unpaired) electrons. The van der Waals surface area contributed by atoms with Crippen LogP contribution in [0.4, 0.5) is 10.1 Å². The number of benzene rings is 3. The lowest BCUT2D eigenvalue weighted by Gasteiger charge is -2.18. The van der Waals surface area contributed by atoms with Crippen LogP contribution in [-0.2, 0) is 25.7 Å². The number of carboxylic acids is 2. The molecule has 0 saturated carbocycles. The number of carbonyl (C=O) groups is 4. The molecular formula is C35H34FN5O10. The second-order valence-corrected chi connectivity index (χ2v) is 10.8. The van der Waals surface area contributed by atoms with Gasteiger partial charge in [0.2, 0.25) is 0 Å². The summed E-state index contributed by atoms with van der Waals surface area (Å²) in [6.45, 7) is 3.47. The van der Waals surface area contributed by atoms with Gasteiger partial charge in [0, 0.05) is 29.4 Å². The topological polar surface area (TPSA) is 200 Å². The Morgan fingerprint density at radius 1 is 0.961 bits per heavy atom. The van der Waals surface area contributed by atoms with Crippen LogP contribution in [0.25, 0.3) is 16.6 Å². The van der Waals surface area contributed by atoms with Gasteiger partial charge in [-0.3, -0.25) is 24.0 Å². The van der Waals surface area contributed by atoms with Gasteiger partial charge in [-0.15, -0.1) is 0 Å². The Kier molecular flexibility index (Phi) is 12.2. The molecule has 1 amide bonds. The monoisotopic (exact) mass is 703 g/mol. The summed E-state index contributed by atoms with van der Waals surface area (Å²) in [5, 5.41) is 20.8. The number of likely N-dealkylation sites (N-methyl/N-ethyl adjacent to an activating group) is 1. The summed E-state index contributed by atoms with van der Waals surface area (Å²) in [6.07, 6.45) is 0.941. The van der Waals surface area contributed by atoms with E-state index in [0.29, 0.717) is 33.8 Å². The number of esters is 1. The van der Waals surface area contributed by atoms with Crippen molar-refractivity contribution >= 4 is 40.4 Å². The molecule has 16 heteroatoms. The number of nitrogens with one attached hydrogen (secondary N) is 2. The average molecular weight is 704 g/mol. The minimum absolute atomic E-state index is 0.0307. The first-order valence-electron chi connectivity index (χ1n) is 15.2. The van der Waals surface area contributed by atoms with Crippen molar-refractivity contribution in [3.8, 4) is 22.9 Å². The van der Waals surface area contributed by atoms with E-state index >= 15 is 4.39 Å². The molecule has 0 fully saturated rings. The summed E-state index contributed by atoms with van der Waals surface area (Å²) in [5.41, 5.74) is 0.901. The van der Waals surface area contributed by atoms with Gasteiger partial charge in [0.15, 0.2) is 11.6 Å². The Morgan fingerprint density at radius 2 is 1.67 bits per heavy atom. The van der Waals surface area contributed by atoms with Crippen molar-refractivity contribution in [3.63, 3.8) is 0 Å². The van der Waals surface area contributed by atoms with E-state index in [-0.39, 0.29) is 30.1 Å². The van der Waals surface area contributed by atoms with Crippen LogP contribution in [0.1, 0.15) is 23.0 Å². The number of methoxy groups -OCH3 is 1. The Hall–Kier alpha value is -6.55. The first-order valence-corrected chi connectivity index (χ1v) is 15.2. The fraction of sp³-hybridized carbons (Fsp3) is 0.200. The summed E-state index contributed by atoms with van der Waals surface area (Å²) in [6, 6.07) is 19.7. The van der Waals surface area contributed by atoms with Crippen LogP contribution in [0.5, 0.6) is 17.2 Å². The van der Waals surface area contributed by atoms with Crippen LogP contribution in [-0.4, -0.2) is 75.2 Å². The Balaban J connectivity index is 0.000000894. The van der Waals surface area contributed by atoms with E-state index in [0.717, 1.165) is 6.07 Å². The lowest BCUT2D eigenvalue weighted by molar-refractivity contribution is -0.159. The molecule has 15 nitrogen and oxygen atoms in total. The number of hydrogen-bond donors (Lipinski definition) is 4. The quantitative estimate of drug-likeness (QED) is 0.114. The number of rotatable bonds is 11. The standard InChI is InChI=1S/C33H32FN5O6.C2H2O4/c1-20(44-30(40)18-35-3)19-38-21(2)31(33(42)39(38)23-8-6-5-7-9-23)32(41)37-22-10-13-29(26(34)16-22)45-28-14-15-36-27-17-24(43-4)11-12-25(27)28;3-1(4)2(5)6/h5-17,20,35H,18-19H2,1-4H3,(H,37,41);(H,3,4)(H,5,6). The van der Waals surface area contributed by atoms with Crippen LogP contribution in [0.15, 0.2) is 83.8 Å². The summed E-state index contributed by atoms with van der Waals surface area (Å²) in [4.78, 5) is 61.7. The summed E-state index contributed by atoms with van der Waals surface area (Å²) in [5.74, 6) is -4.59. The molecule has 5 rings (SSSR count). The molecule has 5 aromatic rings. The van der Waals surface area contributed by atoms with Crippen LogP contribution < -0.4 is 25.7 Å². The molecule has 0 saturated heterocycles. The van der Waals surface area contributed by atoms with Gasteiger partial charge in [-0.2, -0.15) is 0 Å². The molecule has 1 unspecified atom stereocenters. The van der Waals surface area contributed by atoms with Crippen molar-refractivity contribution in [2.45, 2.75) is 26.5 Å². The Bertz CT molecular complexity index is 2120. The number of fused-ring (bicyclic) bond motifs is 1. The highest BCUT2D eigenvalue weighted by Crippen LogP contribution is 2.33. The molecule has 4 N–H and O–H groups in total. The molecule has 2 aromatic heterocycles. The van der Waals surface area contributed by atoms with Crippen LogP contribution in [0.2, 0.25) is 0 Å². The van der Waals surface area contributed by atoms with E-state index in [4.69, 9.17) is 34.0 Å². The van der Waals surface area contributed by atoms with Gasteiger partial charge in [0.05, 0.1) is 37.1 Å². The number of anilines is 1. The average Bonchev–Trinajstić information content (AvgIpc) is 3.34. The first-order chi connectivity index (χ1) is 24.3. The van der Waals surface area contributed by atoms with Crippen molar-refractivity contribution in [2.75, 3.05) is 26.0 Å². The molecular weight excluding hydrogens is 669 g/mol. The summed E-state index contributed by atoms with van der Waals surface area (Å²) < 4.78 is 34.7. The van der Waals surface area contributed by atoms with Crippen molar-refractivity contribution in [1.29, 1.82) is 0 Å². The molecule has 0 spiro atoms.